The number of fused-ring (bicyclic) bond motifs is 1. The second-order valence-corrected chi connectivity index (χ2v) is 9.66. The van der Waals surface area contributed by atoms with Crippen LogP contribution in [0.5, 0.6) is 0 Å². The molecule has 31 heavy (non-hydrogen) atoms. The summed E-state index contributed by atoms with van der Waals surface area (Å²) in [6, 6.07) is 16.6. The lowest BCUT2D eigenvalue weighted by Crippen LogP contribution is -2.26. The zero-order valence-corrected chi connectivity index (χ0v) is 18.9. The molecular formula is C24H26N2O4S. The van der Waals surface area contributed by atoms with Crippen LogP contribution in [0, 0.1) is 6.92 Å². The zero-order valence-electron chi connectivity index (χ0n) is 18.1. The second-order valence-electron chi connectivity index (χ2n) is 8.15. The van der Waals surface area contributed by atoms with E-state index < -0.39 is 15.6 Å². The molecule has 0 unspecified atom stereocenters. The highest BCUT2D eigenvalue weighted by molar-refractivity contribution is 7.93. The Morgan fingerprint density at radius 1 is 1.06 bits per heavy atom. The van der Waals surface area contributed by atoms with Crippen molar-refractivity contribution in [2.45, 2.75) is 39.8 Å². The highest BCUT2D eigenvalue weighted by atomic mass is 32.2. The Morgan fingerprint density at radius 3 is 2.39 bits per heavy atom. The first-order valence-corrected chi connectivity index (χ1v) is 11.4. The quantitative estimate of drug-likeness (QED) is 0.412. The van der Waals surface area contributed by atoms with Crippen LogP contribution in [0.3, 0.4) is 0 Å². The van der Waals surface area contributed by atoms with Gasteiger partial charge in [-0.3, -0.25) is 4.79 Å². The fraction of sp³-hybridized carbons (Fsp3) is 0.250. The fourth-order valence-corrected chi connectivity index (χ4v) is 3.87. The number of nitrogens with zero attached hydrogens (tertiary/aromatic N) is 2. The predicted octanol–water partition coefficient (Wildman–Crippen LogP) is 4.71. The molecule has 162 valence electrons. The Hall–Kier alpha value is -3.19. The molecule has 0 bridgehead atoms. The second kappa shape index (κ2) is 8.89. The molecule has 3 rings (SSSR count). The van der Waals surface area contributed by atoms with Crippen LogP contribution in [0.2, 0.25) is 0 Å². The third kappa shape index (κ3) is 5.92. The van der Waals surface area contributed by atoms with E-state index in [1.807, 2.05) is 86.9 Å². The van der Waals surface area contributed by atoms with E-state index in [2.05, 4.69) is 4.40 Å². The van der Waals surface area contributed by atoms with Crippen molar-refractivity contribution in [3.63, 3.8) is 0 Å². The molecule has 0 aliphatic rings. The molecule has 0 aliphatic heterocycles. The van der Waals surface area contributed by atoms with Gasteiger partial charge in [0.05, 0.1) is 11.6 Å². The molecule has 0 radical (unpaired) electrons. The van der Waals surface area contributed by atoms with E-state index in [0.29, 0.717) is 5.56 Å². The molecule has 1 aromatic heterocycles. The van der Waals surface area contributed by atoms with Crippen molar-refractivity contribution in [2.24, 2.45) is 4.40 Å². The van der Waals surface area contributed by atoms with Crippen LogP contribution in [-0.2, 0) is 26.1 Å². The van der Waals surface area contributed by atoms with Gasteiger partial charge in [0.15, 0.2) is 0 Å². The molecule has 0 aliphatic carbocycles. The highest BCUT2D eigenvalue weighted by Crippen LogP contribution is 2.25. The third-order valence-corrected chi connectivity index (χ3v) is 5.43. The molecule has 0 spiro atoms. The average molecular weight is 439 g/mol. The number of carbonyl (C=O) groups excluding carboxylic acids is 1. The Labute approximate surface area is 182 Å². The molecule has 3 aromatic rings. The first kappa shape index (κ1) is 22.5. The van der Waals surface area contributed by atoms with E-state index in [4.69, 9.17) is 4.74 Å². The van der Waals surface area contributed by atoms with E-state index in [1.165, 1.54) is 12.3 Å². The number of aromatic nitrogens is 1. The van der Waals surface area contributed by atoms with Crippen molar-refractivity contribution in [1.29, 1.82) is 0 Å². The lowest BCUT2D eigenvalue weighted by atomic mass is 10.1. The standard InChI is InChI=1S/C24H26N2O4S/c1-18-21(16-25-31(28,29)15-14-19-10-6-5-7-11-19)20-12-8-9-13-22(20)26(18)17-23(27)30-24(2,3)4/h5-16H,17H2,1-4H3/b15-14+,25-16?. The van der Waals surface area contributed by atoms with Crippen molar-refractivity contribution in [2.75, 3.05) is 0 Å². The molecule has 7 heteroatoms. The lowest BCUT2D eigenvalue weighted by Gasteiger charge is -2.20. The Bertz CT molecular complexity index is 1250. The van der Waals surface area contributed by atoms with E-state index in [1.54, 1.807) is 0 Å². The van der Waals surface area contributed by atoms with Crippen LogP contribution in [-0.4, -0.2) is 30.8 Å². The summed E-state index contributed by atoms with van der Waals surface area (Å²) in [5.41, 5.74) is 2.38. The lowest BCUT2D eigenvalue weighted by molar-refractivity contribution is -0.155. The third-order valence-electron chi connectivity index (χ3n) is 4.55. The Balaban J connectivity index is 1.93. The summed E-state index contributed by atoms with van der Waals surface area (Å²) in [6.07, 6.45) is 2.85. The number of para-hydroxylation sites is 1. The van der Waals surface area contributed by atoms with Gasteiger partial charge in [0.1, 0.15) is 12.1 Å². The molecule has 2 aromatic carbocycles. The topological polar surface area (TPSA) is 77.7 Å². The Kier molecular flexibility index (Phi) is 6.45. The number of esters is 1. The van der Waals surface area contributed by atoms with Crippen molar-refractivity contribution in [1.82, 2.24) is 4.57 Å². The van der Waals surface area contributed by atoms with Crippen LogP contribution < -0.4 is 0 Å². The average Bonchev–Trinajstić information content (AvgIpc) is 2.96. The summed E-state index contributed by atoms with van der Waals surface area (Å²) in [7, 11) is -3.81. The minimum atomic E-state index is -3.81. The van der Waals surface area contributed by atoms with Crippen LogP contribution in [0.4, 0.5) is 0 Å². The number of carbonyl (C=O) groups is 1. The van der Waals surface area contributed by atoms with Gasteiger partial charge in [-0.15, -0.1) is 0 Å². The van der Waals surface area contributed by atoms with Gasteiger partial charge in [0.25, 0.3) is 10.0 Å². The van der Waals surface area contributed by atoms with Crippen molar-refractivity contribution >= 4 is 39.2 Å². The zero-order chi connectivity index (χ0) is 22.6. The summed E-state index contributed by atoms with van der Waals surface area (Å²) >= 11 is 0. The maximum absolute atomic E-state index is 12.4. The van der Waals surface area contributed by atoms with Crippen LogP contribution in [0.15, 0.2) is 64.4 Å². The Morgan fingerprint density at radius 2 is 1.71 bits per heavy atom. The van der Waals surface area contributed by atoms with Gasteiger partial charge >= 0.3 is 5.97 Å². The maximum atomic E-state index is 12.4. The normalized spacial score (nSPS) is 12.8. The van der Waals surface area contributed by atoms with Crippen molar-refractivity contribution in [3.8, 4) is 0 Å². The highest BCUT2D eigenvalue weighted by Gasteiger charge is 2.20. The largest absolute Gasteiger partial charge is 0.459 e. The molecule has 0 saturated carbocycles. The smallest absolute Gasteiger partial charge is 0.326 e. The van der Waals surface area contributed by atoms with E-state index in [-0.39, 0.29) is 12.5 Å². The maximum Gasteiger partial charge on any atom is 0.326 e. The van der Waals surface area contributed by atoms with Gasteiger partial charge in [-0.1, -0.05) is 48.5 Å². The number of hydrogen-bond acceptors (Lipinski definition) is 4. The minimum Gasteiger partial charge on any atom is -0.459 e. The van der Waals surface area contributed by atoms with Gasteiger partial charge in [0.2, 0.25) is 0 Å². The molecule has 0 N–H and O–H groups in total. The van der Waals surface area contributed by atoms with Gasteiger partial charge in [-0.25, -0.2) is 0 Å². The van der Waals surface area contributed by atoms with Gasteiger partial charge in [-0.2, -0.15) is 12.8 Å². The monoisotopic (exact) mass is 438 g/mol. The number of ether oxygens (including phenoxy) is 1. The SMILES string of the molecule is Cc1c(C=NS(=O)(=O)/C=C/c2ccccc2)c2ccccc2n1CC(=O)OC(C)(C)C. The molecule has 1 heterocycles. The van der Waals surface area contributed by atoms with Gasteiger partial charge < -0.3 is 9.30 Å². The molecule has 0 atom stereocenters. The van der Waals surface area contributed by atoms with Crippen LogP contribution >= 0.6 is 0 Å². The molecule has 6 nitrogen and oxygen atoms in total. The fourth-order valence-electron chi connectivity index (χ4n) is 3.22. The predicted molar refractivity (Wildman–Crippen MR) is 125 cm³/mol. The van der Waals surface area contributed by atoms with Crippen molar-refractivity contribution in [3.05, 3.63) is 76.8 Å². The van der Waals surface area contributed by atoms with E-state index in [0.717, 1.165) is 27.6 Å². The van der Waals surface area contributed by atoms with E-state index in [9.17, 15) is 13.2 Å². The van der Waals surface area contributed by atoms with Gasteiger partial charge in [-0.05, 0) is 45.4 Å². The number of hydrogen-bond donors (Lipinski definition) is 0. The summed E-state index contributed by atoms with van der Waals surface area (Å²) in [5, 5.41) is 1.89. The van der Waals surface area contributed by atoms with Crippen LogP contribution in [0.25, 0.3) is 17.0 Å². The van der Waals surface area contributed by atoms with E-state index >= 15 is 0 Å². The first-order chi connectivity index (χ1) is 14.6. The summed E-state index contributed by atoms with van der Waals surface area (Å²) in [4.78, 5) is 12.4. The molecule has 0 fully saturated rings. The number of benzene rings is 2. The molecule has 0 saturated heterocycles. The molecule has 0 amide bonds. The first-order valence-electron chi connectivity index (χ1n) is 9.89. The summed E-state index contributed by atoms with van der Waals surface area (Å²) in [5.74, 6) is -0.363. The van der Waals surface area contributed by atoms with Gasteiger partial charge in [0, 0.05) is 22.2 Å². The molecular weight excluding hydrogens is 412 g/mol. The minimum absolute atomic E-state index is 0.0259. The number of rotatable bonds is 6. The summed E-state index contributed by atoms with van der Waals surface area (Å²) < 4.78 is 35.9. The van der Waals surface area contributed by atoms with Crippen LogP contribution in [0.1, 0.15) is 37.6 Å². The van der Waals surface area contributed by atoms with Crippen molar-refractivity contribution < 1.29 is 17.9 Å². The summed E-state index contributed by atoms with van der Waals surface area (Å²) in [6.45, 7) is 7.31. The number of sulfonamides is 1.